The van der Waals surface area contributed by atoms with Crippen LogP contribution in [0.2, 0.25) is 0 Å². The Hall–Kier alpha value is -2.10. The lowest BCUT2D eigenvalue weighted by molar-refractivity contribution is -0.367. The van der Waals surface area contributed by atoms with Gasteiger partial charge >= 0.3 is 12.1 Å². The number of nitrogens with one attached hydrogen (secondary N) is 2. The highest BCUT2D eigenvalue weighted by Crippen LogP contribution is 2.28. The summed E-state index contributed by atoms with van der Waals surface area (Å²) in [5.41, 5.74) is -0.697. The van der Waals surface area contributed by atoms with Gasteiger partial charge in [0.25, 0.3) is 5.82 Å². The van der Waals surface area contributed by atoms with Crippen LogP contribution in [0.3, 0.4) is 0 Å². The molecule has 2 rings (SSSR count). The second kappa shape index (κ2) is 9.02. The molecule has 1 saturated heterocycles. The highest BCUT2D eigenvalue weighted by molar-refractivity contribution is 7.80. The van der Waals surface area contributed by atoms with Crippen LogP contribution in [0.4, 0.5) is 19.0 Å². The lowest BCUT2D eigenvalue weighted by Crippen LogP contribution is -2.52. The van der Waals surface area contributed by atoms with Crippen molar-refractivity contribution in [1.29, 1.82) is 0 Å². The van der Waals surface area contributed by atoms with E-state index in [4.69, 9.17) is 12.2 Å². The number of pyridine rings is 1. The Morgan fingerprint density at radius 2 is 2.00 bits per heavy atom. The molecule has 0 atom stereocenters. The van der Waals surface area contributed by atoms with Crippen molar-refractivity contribution in [3.05, 3.63) is 23.9 Å². The Kier molecular flexibility index (Phi) is 7.01. The lowest BCUT2D eigenvalue weighted by atomic mass is 10.2. The van der Waals surface area contributed by atoms with Gasteiger partial charge in [-0.05, 0) is 24.7 Å². The first-order valence-corrected chi connectivity index (χ1v) is 8.65. The first-order chi connectivity index (χ1) is 12.3. The average molecular weight is 391 g/mol. The monoisotopic (exact) mass is 391 g/mol. The fourth-order valence-corrected chi connectivity index (χ4v) is 2.87. The zero-order valence-corrected chi connectivity index (χ0v) is 15.3. The number of hydrogen-bond donors (Lipinski definition) is 1. The number of carbonyl (C=O) groups is 1. The minimum Gasteiger partial charge on any atom is -0.469 e. The Labute approximate surface area is 155 Å². The Bertz CT molecular complexity index is 617. The van der Waals surface area contributed by atoms with Crippen molar-refractivity contribution in [3.8, 4) is 0 Å². The molecular formula is C16H22F3N4O2S+. The van der Waals surface area contributed by atoms with Crippen LogP contribution in [0.25, 0.3) is 0 Å². The van der Waals surface area contributed by atoms with E-state index in [2.05, 4.69) is 15.0 Å². The van der Waals surface area contributed by atoms with Gasteiger partial charge in [0.05, 0.1) is 25.8 Å². The lowest BCUT2D eigenvalue weighted by Gasteiger charge is -2.32. The summed E-state index contributed by atoms with van der Waals surface area (Å²) in [6, 6.07) is 2.52. The van der Waals surface area contributed by atoms with Gasteiger partial charge in [0.15, 0.2) is 5.11 Å². The number of H-pyrrole nitrogens is 1. The van der Waals surface area contributed by atoms with Gasteiger partial charge < -0.3 is 15.0 Å². The summed E-state index contributed by atoms with van der Waals surface area (Å²) in [6.45, 7) is 3.20. The quantitative estimate of drug-likeness (QED) is 0.466. The van der Waals surface area contributed by atoms with Crippen molar-refractivity contribution in [2.24, 2.45) is 0 Å². The van der Waals surface area contributed by atoms with Crippen LogP contribution in [0.1, 0.15) is 18.4 Å². The SMILES string of the molecule is COC(=O)CCCNC(=S)N1CCN(c2ccc(C(F)(F)F)c[nH+]2)CC1. The summed E-state index contributed by atoms with van der Waals surface area (Å²) in [5, 5.41) is 3.73. The smallest absolute Gasteiger partial charge is 0.419 e. The third-order valence-corrected chi connectivity index (χ3v) is 4.50. The van der Waals surface area contributed by atoms with Crippen molar-refractivity contribution in [2.45, 2.75) is 19.0 Å². The molecule has 144 valence electrons. The molecule has 0 saturated carbocycles. The highest BCUT2D eigenvalue weighted by Gasteiger charge is 2.32. The number of ether oxygens (including phenoxy) is 1. The number of carbonyl (C=O) groups excluding carboxylic acids is 1. The third kappa shape index (κ3) is 5.72. The second-order valence-electron chi connectivity index (χ2n) is 5.85. The van der Waals surface area contributed by atoms with Crippen LogP contribution in [0.5, 0.6) is 0 Å². The number of aromatic nitrogens is 1. The Morgan fingerprint density at radius 1 is 1.31 bits per heavy atom. The van der Waals surface area contributed by atoms with E-state index in [1.54, 1.807) is 0 Å². The topological polar surface area (TPSA) is 59.0 Å². The van der Waals surface area contributed by atoms with E-state index in [1.807, 2.05) is 9.80 Å². The van der Waals surface area contributed by atoms with Gasteiger partial charge in [0, 0.05) is 19.0 Å². The predicted octanol–water partition coefficient (Wildman–Crippen LogP) is 1.47. The van der Waals surface area contributed by atoms with Crippen molar-refractivity contribution in [2.75, 3.05) is 44.7 Å². The summed E-state index contributed by atoms with van der Waals surface area (Å²) in [4.78, 5) is 17.7. The van der Waals surface area contributed by atoms with Crippen LogP contribution >= 0.6 is 12.2 Å². The molecule has 6 nitrogen and oxygen atoms in total. The van der Waals surface area contributed by atoms with E-state index >= 15 is 0 Å². The van der Waals surface area contributed by atoms with Gasteiger partial charge in [-0.25, -0.2) is 4.98 Å². The third-order valence-electron chi connectivity index (χ3n) is 4.09. The molecule has 2 N–H and O–H groups in total. The van der Waals surface area contributed by atoms with Crippen LogP contribution in [0, 0.1) is 0 Å². The first-order valence-electron chi connectivity index (χ1n) is 8.24. The molecule has 2 heterocycles. The number of methoxy groups -OCH3 is 1. The highest BCUT2D eigenvalue weighted by atomic mass is 32.1. The average Bonchev–Trinajstić information content (AvgIpc) is 2.64. The van der Waals surface area contributed by atoms with Crippen molar-refractivity contribution < 1.29 is 27.7 Å². The predicted molar refractivity (Wildman–Crippen MR) is 93.6 cm³/mol. The van der Waals surface area contributed by atoms with Gasteiger partial charge in [-0.3, -0.25) is 9.69 Å². The van der Waals surface area contributed by atoms with Crippen molar-refractivity contribution in [1.82, 2.24) is 10.2 Å². The maximum absolute atomic E-state index is 12.6. The Morgan fingerprint density at radius 3 is 2.54 bits per heavy atom. The van der Waals surface area contributed by atoms with E-state index in [0.29, 0.717) is 56.5 Å². The van der Waals surface area contributed by atoms with Crippen LogP contribution in [-0.2, 0) is 15.7 Å². The molecule has 1 aliphatic heterocycles. The standard InChI is InChI=1S/C16H21F3N4O2S/c1-25-14(24)3-2-6-20-15(26)23-9-7-22(8-10-23)13-5-4-12(11-21-13)16(17,18)19/h4-5,11H,2-3,6-10H2,1H3,(H,20,26)/p+1. The molecule has 0 aliphatic carbocycles. The van der Waals surface area contributed by atoms with E-state index < -0.39 is 11.7 Å². The fraction of sp³-hybridized carbons (Fsp3) is 0.562. The van der Waals surface area contributed by atoms with Gasteiger partial charge in [-0.2, -0.15) is 13.2 Å². The zero-order valence-electron chi connectivity index (χ0n) is 14.4. The molecule has 0 amide bonds. The minimum absolute atomic E-state index is 0.251. The van der Waals surface area contributed by atoms with Gasteiger partial charge in [-0.15, -0.1) is 0 Å². The molecular weight excluding hydrogens is 369 g/mol. The number of halogens is 3. The number of piperazine rings is 1. The second-order valence-corrected chi connectivity index (χ2v) is 6.23. The molecule has 0 bridgehead atoms. The fourth-order valence-electron chi connectivity index (χ4n) is 2.58. The Balaban J connectivity index is 1.76. The number of alkyl halides is 3. The van der Waals surface area contributed by atoms with Crippen LogP contribution in [0.15, 0.2) is 18.3 Å². The molecule has 0 radical (unpaired) electrons. The molecule has 0 aromatic carbocycles. The molecule has 26 heavy (non-hydrogen) atoms. The molecule has 1 aliphatic rings. The van der Waals surface area contributed by atoms with E-state index in [9.17, 15) is 18.0 Å². The van der Waals surface area contributed by atoms with Gasteiger partial charge in [0.2, 0.25) is 0 Å². The number of rotatable bonds is 5. The van der Waals surface area contributed by atoms with Gasteiger partial charge in [0.1, 0.15) is 19.3 Å². The number of anilines is 1. The molecule has 1 aromatic heterocycles. The zero-order chi connectivity index (χ0) is 19.2. The summed E-state index contributed by atoms with van der Waals surface area (Å²) < 4.78 is 42.4. The van der Waals surface area contributed by atoms with Crippen LogP contribution < -0.4 is 15.2 Å². The maximum atomic E-state index is 12.6. The summed E-state index contributed by atoms with van der Waals surface area (Å²) in [7, 11) is 1.36. The minimum atomic E-state index is -4.35. The number of hydrogen-bond acceptors (Lipinski definition) is 4. The van der Waals surface area contributed by atoms with Crippen molar-refractivity contribution >= 4 is 29.1 Å². The first kappa shape index (κ1) is 20.2. The number of aromatic amines is 1. The summed E-state index contributed by atoms with van der Waals surface area (Å²) in [5.74, 6) is 0.397. The molecule has 0 unspecified atom stereocenters. The summed E-state index contributed by atoms with van der Waals surface area (Å²) >= 11 is 5.34. The molecule has 0 spiro atoms. The van der Waals surface area contributed by atoms with E-state index in [1.165, 1.54) is 13.2 Å². The number of nitrogens with zero attached hydrogens (tertiary/aromatic N) is 2. The molecule has 10 heteroatoms. The van der Waals surface area contributed by atoms with Crippen molar-refractivity contribution in [3.63, 3.8) is 0 Å². The summed E-state index contributed by atoms with van der Waals surface area (Å²) in [6.07, 6.45) is -2.40. The van der Waals surface area contributed by atoms with E-state index in [-0.39, 0.29) is 5.97 Å². The molecule has 1 fully saturated rings. The molecule has 1 aromatic rings. The largest absolute Gasteiger partial charge is 0.469 e. The van der Waals surface area contributed by atoms with Crippen LogP contribution in [-0.4, -0.2) is 55.8 Å². The van der Waals surface area contributed by atoms with Gasteiger partial charge in [-0.1, -0.05) is 0 Å². The maximum Gasteiger partial charge on any atom is 0.419 e. The number of thiocarbonyl (C=S) groups is 1. The normalized spacial score (nSPS) is 14.9. The number of esters is 1. The van der Waals surface area contributed by atoms with E-state index in [0.717, 1.165) is 12.3 Å².